The number of rotatable bonds is 6. The zero-order valence-corrected chi connectivity index (χ0v) is 12.9. The average molecular weight is 305 g/mol. The Bertz CT molecular complexity index is 833. The van der Waals surface area contributed by atoms with Crippen molar-refractivity contribution in [1.82, 2.24) is 19.6 Å². The van der Waals surface area contributed by atoms with Crippen LogP contribution in [-0.4, -0.2) is 19.6 Å². The molecule has 0 aliphatic heterocycles. The van der Waals surface area contributed by atoms with Crippen LogP contribution in [0.2, 0.25) is 0 Å². The molecule has 3 aromatic rings. The number of pyridine rings is 2. The summed E-state index contributed by atoms with van der Waals surface area (Å²) in [5.74, 6) is 2.46. The molecule has 1 saturated carbocycles. The first-order valence-corrected chi connectivity index (χ1v) is 7.95. The van der Waals surface area contributed by atoms with Gasteiger partial charge in [0.2, 0.25) is 0 Å². The smallest absolute Gasteiger partial charge is 0.158 e. The third kappa shape index (κ3) is 3.08. The van der Waals surface area contributed by atoms with Crippen LogP contribution in [0.15, 0.2) is 54.9 Å². The Balaban J connectivity index is 1.54. The number of nitrogens with zero attached hydrogens (tertiary/aromatic N) is 4. The van der Waals surface area contributed by atoms with Gasteiger partial charge >= 0.3 is 0 Å². The van der Waals surface area contributed by atoms with Crippen molar-refractivity contribution in [3.8, 4) is 0 Å². The first-order valence-electron chi connectivity index (χ1n) is 7.95. The minimum atomic E-state index is 0.685. The highest BCUT2D eigenvalue weighted by Gasteiger charge is 2.25. The fourth-order valence-electron chi connectivity index (χ4n) is 2.69. The number of aromatic nitrogens is 4. The normalized spacial score (nSPS) is 14.1. The molecule has 4 rings (SSSR count). The topological polar surface area (TPSA) is 55.1 Å². The van der Waals surface area contributed by atoms with Crippen molar-refractivity contribution in [3.63, 3.8) is 0 Å². The van der Waals surface area contributed by atoms with E-state index in [4.69, 9.17) is 0 Å². The Labute approximate surface area is 135 Å². The minimum absolute atomic E-state index is 0.685. The number of anilines is 1. The Hall–Kier alpha value is -2.69. The molecule has 5 nitrogen and oxygen atoms in total. The molecule has 0 atom stereocenters. The Kier molecular flexibility index (Phi) is 3.54. The van der Waals surface area contributed by atoms with Crippen molar-refractivity contribution >= 4 is 11.5 Å². The lowest BCUT2D eigenvalue weighted by Gasteiger charge is -2.07. The van der Waals surface area contributed by atoms with E-state index in [2.05, 4.69) is 27.0 Å². The lowest BCUT2D eigenvalue weighted by molar-refractivity contribution is 0.851. The van der Waals surface area contributed by atoms with E-state index in [0.29, 0.717) is 12.5 Å². The molecule has 116 valence electrons. The predicted octanol–water partition coefficient (Wildman–Crippen LogP) is 3.25. The second kappa shape index (κ2) is 5.83. The van der Waals surface area contributed by atoms with E-state index in [0.717, 1.165) is 29.3 Å². The van der Waals surface area contributed by atoms with Gasteiger partial charge in [0.05, 0.1) is 0 Å². The van der Waals surface area contributed by atoms with Crippen molar-refractivity contribution in [2.24, 2.45) is 5.92 Å². The summed E-state index contributed by atoms with van der Waals surface area (Å²) < 4.78 is 1.87. The van der Waals surface area contributed by atoms with E-state index in [1.165, 1.54) is 18.4 Å². The number of fused-ring (bicyclic) bond motifs is 1. The highest BCUT2D eigenvalue weighted by molar-refractivity contribution is 5.49. The Morgan fingerprint density at radius 1 is 1.26 bits per heavy atom. The highest BCUT2D eigenvalue weighted by Crippen LogP contribution is 2.36. The molecule has 0 spiro atoms. The van der Waals surface area contributed by atoms with Crippen LogP contribution in [-0.2, 0) is 13.0 Å². The summed E-state index contributed by atoms with van der Waals surface area (Å²) in [4.78, 5) is 8.75. The van der Waals surface area contributed by atoms with E-state index < -0.39 is 0 Å². The van der Waals surface area contributed by atoms with E-state index in [1.54, 1.807) is 6.20 Å². The number of allylic oxidation sites excluding steroid dienone is 1. The second-order valence-electron chi connectivity index (χ2n) is 6.03. The van der Waals surface area contributed by atoms with Crippen molar-refractivity contribution < 1.29 is 0 Å². The maximum Gasteiger partial charge on any atom is 0.158 e. The first kappa shape index (κ1) is 13.9. The standard InChI is InChI=1S/C18H19N5/c1-13(15-7-8-15)10-16-21-18-6-2-5-17(23(18)22-16)20-12-14-4-3-9-19-11-14/h2-6,9,11,15,20H,1,7-8,10,12H2. The van der Waals surface area contributed by atoms with Gasteiger partial charge in [-0.3, -0.25) is 4.98 Å². The van der Waals surface area contributed by atoms with Gasteiger partial charge in [0.15, 0.2) is 11.5 Å². The Morgan fingerprint density at radius 2 is 2.17 bits per heavy atom. The third-order valence-electron chi connectivity index (χ3n) is 4.14. The van der Waals surface area contributed by atoms with Gasteiger partial charge in [0.1, 0.15) is 5.82 Å². The van der Waals surface area contributed by atoms with Gasteiger partial charge in [0, 0.05) is 25.4 Å². The monoisotopic (exact) mass is 305 g/mol. The highest BCUT2D eigenvalue weighted by atomic mass is 15.3. The van der Waals surface area contributed by atoms with Gasteiger partial charge in [-0.2, -0.15) is 4.52 Å². The van der Waals surface area contributed by atoms with Crippen LogP contribution < -0.4 is 5.32 Å². The largest absolute Gasteiger partial charge is 0.366 e. The second-order valence-corrected chi connectivity index (χ2v) is 6.03. The first-order chi connectivity index (χ1) is 11.3. The molecule has 0 bridgehead atoms. The van der Waals surface area contributed by atoms with Crippen molar-refractivity contribution in [2.75, 3.05) is 5.32 Å². The summed E-state index contributed by atoms with van der Waals surface area (Å²) in [7, 11) is 0. The predicted molar refractivity (Wildman–Crippen MR) is 90.1 cm³/mol. The minimum Gasteiger partial charge on any atom is -0.366 e. The van der Waals surface area contributed by atoms with Crippen molar-refractivity contribution in [2.45, 2.75) is 25.8 Å². The Morgan fingerprint density at radius 3 is 2.96 bits per heavy atom. The van der Waals surface area contributed by atoms with E-state index in [9.17, 15) is 0 Å². The van der Waals surface area contributed by atoms with E-state index in [-0.39, 0.29) is 0 Å². The molecule has 1 aliphatic carbocycles. The van der Waals surface area contributed by atoms with E-state index >= 15 is 0 Å². The molecule has 0 unspecified atom stereocenters. The zero-order valence-electron chi connectivity index (χ0n) is 12.9. The number of hydrogen-bond donors (Lipinski definition) is 1. The molecule has 0 radical (unpaired) electrons. The molecule has 1 aliphatic rings. The lowest BCUT2D eigenvalue weighted by Crippen LogP contribution is -2.05. The van der Waals surface area contributed by atoms with Crippen LogP contribution >= 0.6 is 0 Å². The molecule has 1 fully saturated rings. The summed E-state index contributed by atoms with van der Waals surface area (Å²) in [6.45, 7) is 4.87. The molecule has 0 aromatic carbocycles. The molecule has 0 amide bonds. The maximum atomic E-state index is 4.64. The zero-order chi connectivity index (χ0) is 15.6. The molecule has 0 saturated heterocycles. The quantitative estimate of drug-likeness (QED) is 0.710. The number of nitrogens with one attached hydrogen (secondary N) is 1. The lowest BCUT2D eigenvalue weighted by atomic mass is 10.1. The summed E-state index contributed by atoms with van der Waals surface area (Å²) in [6.07, 6.45) is 6.95. The van der Waals surface area contributed by atoms with Gasteiger partial charge in [-0.25, -0.2) is 4.98 Å². The fourth-order valence-corrected chi connectivity index (χ4v) is 2.69. The SMILES string of the molecule is C=C(Cc1nc2cccc(NCc3cccnc3)n2n1)C1CC1. The van der Waals surface area contributed by atoms with Crippen LogP contribution in [0.1, 0.15) is 24.2 Å². The molecular formula is C18H19N5. The van der Waals surface area contributed by atoms with E-state index in [1.807, 2.05) is 41.0 Å². The molecule has 3 heterocycles. The fraction of sp³-hybridized carbons (Fsp3) is 0.278. The van der Waals surface area contributed by atoms with Crippen LogP contribution in [0.5, 0.6) is 0 Å². The summed E-state index contributed by atoms with van der Waals surface area (Å²) in [6, 6.07) is 9.97. The van der Waals surface area contributed by atoms with Gasteiger partial charge in [-0.15, -0.1) is 5.10 Å². The van der Waals surface area contributed by atoms with Crippen molar-refractivity contribution in [1.29, 1.82) is 0 Å². The number of hydrogen-bond acceptors (Lipinski definition) is 4. The molecule has 5 heteroatoms. The molecule has 1 N–H and O–H groups in total. The van der Waals surface area contributed by atoms with Crippen LogP contribution in [0.3, 0.4) is 0 Å². The van der Waals surface area contributed by atoms with Gasteiger partial charge in [-0.1, -0.05) is 24.3 Å². The van der Waals surface area contributed by atoms with Crippen LogP contribution in [0.25, 0.3) is 5.65 Å². The van der Waals surface area contributed by atoms with Crippen LogP contribution in [0, 0.1) is 5.92 Å². The summed E-state index contributed by atoms with van der Waals surface area (Å²) in [5, 5.41) is 8.05. The maximum absolute atomic E-state index is 4.64. The average Bonchev–Trinajstić information content (AvgIpc) is 3.34. The van der Waals surface area contributed by atoms with Gasteiger partial charge in [-0.05, 0) is 42.5 Å². The molecule has 23 heavy (non-hydrogen) atoms. The summed E-state index contributed by atoms with van der Waals surface area (Å²) >= 11 is 0. The van der Waals surface area contributed by atoms with Crippen LogP contribution in [0.4, 0.5) is 5.82 Å². The molecule has 3 aromatic heterocycles. The summed E-state index contributed by atoms with van der Waals surface area (Å²) in [5.41, 5.74) is 3.25. The van der Waals surface area contributed by atoms with Crippen molar-refractivity contribution in [3.05, 3.63) is 66.3 Å². The van der Waals surface area contributed by atoms with Gasteiger partial charge < -0.3 is 5.32 Å². The third-order valence-corrected chi connectivity index (χ3v) is 4.14. The molecular weight excluding hydrogens is 286 g/mol. The van der Waals surface area contributed by atoms with Gasteiger partial charge in [0.25, 0.3) is 0 Å².